The minimum absolute atomic E-state index is 0.00952. The van der Waals surface area contributed by atoms with Crippen molar-refractivity contribution in [3.05, 3.63) is 47.5 Å². The lowest BCUT2D eigenvalue weighted by molar-refractivity contribution is -0.315. The summed E-state index contributed by atoms with van der Waals surface area (Å²) in [6.07, 6.45) is -10.6. The highest BCUT2D eigenvalue weighted by Gasteiger charge is 2.54. The van der Waals surface area contributed by atoms with Gasteiger partial charge in [0, 0.05) is 0 Å². The number of benzene rings is 2. The van der Waals surface area contributed by atoms with E-state index in [1.54, 1.807) is 6.07 Å². The van der Waals surface area contributed by atoms with Crippen LogP contribution in [0.1, 0.15) is 64.5 Å². The molecule has 0 aromatic heterocycles. The lowest BCUT2D eigenvalue weighted by Crippen LogP contribution is -2.66. The fourth-order valence-corrected chi connectivity index (χ4v) is 5.77. The second kappa shape index (κ2) is 13.8. The van der Waals surface area contributed by atoms with Crippen LogP contribution >= 0.6 is 0 Å². The van der Waals surface area contributed by atoms with Crippen LogP contribution in [0.3, 0.4) is 0 Å². The molecule has 2 aromatic carbocycles. The van der Waals surface area contributed by atoms with Gasteiger partial charge >= 0.3 is 0 Å². The van der Waals surface area contributed by atoms with E-state index >= 15 is 0 Å². The normalized spacial score (nSPS) is 35.6. The molecule has 0 spiro atoms. The molecule has 2 aromatic rings. The van der Waals surface area contributed by atoms with Crippen LogP contribution in [-0.2, 0) is 9.47 Å². The zero-order valence-corrected chi connectivity index (χ0v) is 26.6. The van der Waals surface area contributed by atoms with Gasteiger partial charge in [-0.15, -0.1) is 0 Å². The van der Waals surface area contributed by atoms with Gasteiger partial charge < -0.3 is 59.8 Å². The monoisotopic (exact) mass is 636 g/mol. The van der Waals surface area contributed by atoms with E-state index in [0.29, 0.717) is 11.5 Å². The maximum Gasteiger partial charge on any atom is 0.231 e. The van der Waals surface area contributed by atoms with E-state index in [2.05, 4.69) is 0 Å². The van der Waals surface area contributed by atoms with Gasteiger partial charge in [-0.05, 0) is 72.2 Å². The summed E-state index contributed by atoms with van der Waals surface area (Å²) >= 11 is 0. The van der Waals surface area contributed by atoms with Crippen LogP contribution in [0, 0.1) is 0 Å². The van der Waals surface area contributed by atoms with Gasteiger partial charge in [-0.1, -0.05) is 39.8 Å². The molecule has 1 unspecified atom stereocenters. The molecule has 0 radical (unpaired) electrons. The van der Waals surface area contributed by atoms with E-state index in [-0.39, 0.29) is 18.4 Å². The quantitative estimate of drug-likeness (QED) is 0.183. The first-order valence-corrected chi connectivity index (χ1v) is 15.3. The zero-order valence-electron chi connectivity index (χ0n) is 26.6. The third-order valence-electron chi connectivity index (χ3n) is 8.95. The third kappa shape index (κ3) is 7.01. The standard InChI is InChI=1S/C33H48O12/c1-16(2)20-11-18(7-9-22(20)42-15-26-32(5,40)29(38)27(36)24(13-34)43-26)19-8-10-23(21(12-19)17(3)4)44-31-33(6,41)30(39)28(37)25(14-35)45-31/h7-12,16-17,24-31,34-41H,13-15H2,1-6H3/t24-,25-,26?,27-,28-,29+,30+,31+,32-,33+/m1/s1. The van der Waals surface area contributed by atoms with E-state index in [9.17, 15) is 40.9 Å². The van der Waals surface area contributed by atoms with Crippen molar-refractivity contribution in [2.24, 2.45) is 0 Å². The first-order valence-electron chi connectivity index (χ1n) is 15.3. The highest BCUT2D eigenvalue weighted by molar-refractivity contribution is 5.68. The molecular weight excluding hydrogens is 588 g/mol. The molecule has 10 atom stereocenters. The molecule has 2 saturated heterocycles. The van der Waals surface area contributed by atoms with Crippen molar-refractivity contribution in [2.45, 2.75) is 114 Å². The number of hydrogen-bond donors (Lipinski definition) is 8. The summed E-state index contributed by atoms with van der Waals surface area (Å²) in [5.74, 6) is 1.000. The third-order valence-corrected chi connectivity index (χ3v) is 8.95. The molecule has 252 valence electrons. The molecule has 2 fully saturated rings. The van der Waals surface area contributed by atoms with Crippen LogP contribution < -0.4 is 9.47 Å². The second-order valence-corrected chi connectivity index (χ2v) is 13.1. The van der Waals surface area contributed by atoms with Gasteiger partial charge in [0.2, 0.25) is 6.29 Å². The van der Waals surface area contributed by atoms with Gasteiger partial charge in [-0.2, -0.15) is 0 Å². The van der Waals surface area contributed by atoms with Crippen molar-refractivity contribution < 1.29 is 59.8 Å². The number of rotatable bonds is 10. The molecule has 8 N–H and O–H groups in total. The Balaban J connectivity index is 1.58. The molecule has 4 rings (SSSR count). The van der Waals surface area contributed by atoms with Crippen LogP contribution in [0.15, 0.2) is 36.4 Å². The van der Waals surface area contributed by atoms with Crippen molar-refractivity contribution in [3.8, 4) is 22.6 Å². The minimum Gasteiger partial charge on any atom is -0.490 e. The van der Waals surface area contributed by atoms with E-state index in [1.807, 2.05) is 58.0 Å². The zero-order chi connectivity index (χ0) is 33.4. The molecule has 0 saturated carbocycles. The molecule has 2 aliphatic heterocycles. The molecule has 12 heteroatoms. The van der Waals surface area contributed by atoms with Gasteiger partial charge in [0.1, 0.15) is 66.4 Å². The molecule has 2 aliphatic rings. The topological polar surface area (TPSA) is 199 Å². The van der Waals surface area contributed by atoms with E-state index in [4.69, 9.17) is 18.9 Å². The summed E-state index contributed by atoms with van der Waals surface area (Å²) in [4.78, 5) is 0. The van der Waals surface area contributed by atoms with Gasteiger partial charge in [0.25, 0.3) is 0 Å². The van der Waals surface area contributed by atoms with Gasteiger partial charge in [0.15, 0.2) is 5.60 Å². The molecule has 2 heterocycles. The SMILES string of the molecule is CC(C)c1cc(-c2ccc(O[C@H]3O[C@H](CO)[C@@H](O)[C@H](O)[C@]3(C)O)c(C(C)C)c2)ccc1OCC1O[C@H](CO)[C@@H](O)[C@H](O)[C@]1(C)O. The fraction of sp³-hybridized carbons (Fsp3) is 0.636. The van der Waals surface area contributed by atoms with Crippen LogP contribution in [0.4, 0.5) is 0 Å². The molecule has 0 bridgehead atoms. The summed E-state index contributed by atoms with van der Waals surface area (Å²) in [7, 11) is 0. The summed E-state index contributed by atoms with van der Waals surface area (Å²) in [5, 5.41) is 82.2. The number of aliphatic hydroxyl groups is 8. The van der Waals surface area contributed by atoms with Crippen molar-refractivity contribution in [2.75, 3.05) is 19.8 Å². The molecule has 45 heavy (non-hydrogen) atoms. The first kappa shape index (κ1) is 35.5. The Morgan fingerprint density at radius 2 is 1.18 bits per heavy atom. The maximum atomic E-state index is 10.9. The van der Waals surface area contributed by atoms with Gasteiger partial charge in [-0.25, -0.2) is 0 Å². The van der Waals surface area contributed by atoms with Crippen LogP contribution in [0.2, 0.25) is 0 Å². The van der Waals surface area contributed by atoms with E-state index < -0.39 is 73.4 Å². The maximum absolute atomic E-state index is 10.9. The van der Waals surface area contributed by atoms with E-state index in [1.165, 1.54) is 13.8 Å². The predicted octanol–water partition coefficient (Wildman–Crippen LogP) is 0.780. The number of aliphatic hydroxyl groups excluding tert-OH is 6. The Hall–Kier alpha value is -2.36. The Morgan fingerprint density at radius 1 is 0.711 bits per heavy atom. The molecular formula is C33H48O12. The molecule has 0 aliphatic carbocycles. The Kier molecular flexibility index (Phi) is 10.9. The lowest BCUT2D eigenvalue weighted by Gasteiger charge is -2.46. The van der Waals surface area contributed by atoms with Crippen molar-refractivity contribution in [3.63, 3.8) is 0 Å². The summed E-state index contributed by atoms with van der Waals surface area (Å²) in [5.41, 5.74) is -0.321. The van der Waals surface area contributed by atoms with Crippen LogP contribution in [0.25, 0.3) is 11.1 Å². The smallest absolute Gasteiger partial charge is 0.231 e. The Labute approximate surface area is 263 Å². The average Bonchev–Trinajstić information content (AvgIpc) is 3.00. The largest absolute Gasteiger partial charge is 0.490 e. The Bertz CT molecular complexity index is 1290. The first-order chi connectivity index (χ1) is 21.0. The van der Waals surface area contributed by atoms with Crippen LogP contribution in [-0.4, -0.2) is 121 Å². The number of ether oxygens (including phenoxy) is 4. The minimum atomic E-state index is -1.95. The van der Waals surface area contributed by atoms with E-state index in [0.717, 1.165) is 22.3 Å². The highest BCUT2D eigenvalue weighted by Crippen LogP contribution is 2.39. The van der Waals surface area contributed by atoms with Crippen molar-refractivity contribution in [1.29, 1.82) is 0 Å². The highest BCUT2D eigenvalue weighted by atomic mass is 16.7. The molecule has 0 amide bonds. The molecule has 12 nitrogen and oxygen atoms in total. The van der Waals surface area contributed by atoms with Gasteiger partial charge in [-0.3, -0.25) is 0 Å². The lowest BCUT2D eigenvalue weighted by atomic mass is 9.84. The second-order valence-electron chi connectivity index (χ2n) is 13.1. The average molecular weight is 637 g/mol. The number of hydrogen-bond acceptors (Lipinski definition) is 12. The predicted molar refractivity (Wildman–Crippen MR) is 163 cm³/mol. The van der Waals surface area contributed by atoms with Crippen molar-refractivity contribution in [1.82, 2.24) is 0 Å². The fourth-order valence-electron chi connectivity index (χ4n) is 5.77. The van der Waals surface area contributed by atoms with Gasteiger partial charge in [0.05, 0.1) is 13.2 Å². The summed E-state index contributed by atoms with van der Waals surface area (Å²) < 4.78 is 23.5. The summed E-state index contributed by atoms with van der Waals surface area (Å²) in [6.45, 7) is 9.42. The summed E-state index contributed by atoms with van der Waals surface area (Å²) in [6, 6.07) is 11.2. The Morgan fingerprint density at radius 3 is 1.69 bits per heavy atom. The van der Waals surface area contributed by atoms with Crippen LogP contribution in [0.5, 0.6) is 11.5 Å². The van der Waals surface area contributed by atoms with Crippen molar-refractivity contribution >= 4 is 0 Å².